The molecule has 0 aliphatic heterocycles. The molecule has 7 atom stereocenters. The number of amides is 6. The molecule has 8 rings (SSSR count). The lowest BCUT2D eigenvalue weighted by atomic mass is 10.00. The molecule has 0 radical (unpaired) electrons. The lowest BCUT2D eigenvalue weighted by molar-refractivity contribution is -0.142. The summed E-state index contributed by atoms with van der Waals surface area (Å²) in [4.78, 5) is 126. The van der Waals surface area contributed by atoms with E-state index in [9.17, 15) is 24.3 Å². The molecule has 8 aromatic rings. The second kappa shape index (κ2) is 31.1. The van der Waals surface area contributed by atoms with Crippen LogP contribution in [0.4, 0.5) is 0 Å². The first-order chi connectivity index (χ1) is 43.3. The Labute approximate surface area is 516 Å². The Bertz CT molecular complexity index is 3910. The number of carboxylic acid groups (broad SMARTS) is 1. The van der Waals surface area contributed by atoms with Crippen LogP contribution < -0.4 is 72.0 Å². The Kier molecular flexibility index (Phi) is 22.5. The van der Waals surface area contributed by atoms with Gasteiger partial charge in [-0.15, -0.1) is 0 Å². The maximum absolute atomic E-state index is 15.3. The van der Waals surface area contributed by atoms with Crippen LogP contribution in [-0.2, 0) is 59.2 Å². The Balaban J connectivity index is 1.11. The SMILES string of the molecule is NC(N)=NCCC[C@H](NC(=O)[C@H](Cc1c[nH]c2ccccc12)NC(=O)[C@H](Cc1c[nH]c2ccccc12)NC(=O)[C@H](CCCN=C(N)N)NC(=O)[C@H](Cc1c[nH]c2ccccc12)NC(=O)[C@H](Cc1c[nH]c2ccccc12)NC(=O)[C@@H](N)CCCN=C(N)N)C(=O)O. The summed E-state index contributed by atoms with van der Waals surface area (Å²) in [6.45, 7) is 0.333. The van der Waals surface area contributed by atoms with E-state index < -0.39 is 83.7 Å². The summed E-state index contributed by atoms with van der Waals surface area (Å²) in [7, 11) is 0. The van der Waals surface area contributed by atoms with Gasteiger partial charge in [-0.25, -0.2) is 4.79 Å². The van der Waals surface area contributed by atoms with Crippen molar-refractivity contribution in [2.75, 3.05) is 19.6 Å². The van der Waals surface area contributed by atoms with Crippen molar-refractivity contribution in [3.05, 3.63) is 144 Å². The van der Waals surface area contributed by atoms with Gasteiger partial charge in [-0.05, 0) is 85.0 Å². The van der Waals surface area contributed by atoms with Gasteiger partial charge in [0, 0.05) is 114 Å². The third kappa shape index (κ3) is 17.9. The van der Waals surface area contributed by atoms with Crippen molar-refractivity contribution >= 4 is 103 Å². The standard InChI is InChI=1S/C62H78N20O8/c63-42(16-9-23-70-60(64)65)53(83)79-49(26-34-30-73-43-17-5-1-12-38(34)43)57(87)81-50(27-35-31-74-44-18-6-2-13-39(35)44)55(85)77-47(21-10-24-71-61(66)67)54(84)80-52(29-37-33-76-46-20-8-4-15-41(37)46)58(88)82-51(28-36-32-75-45-19-7-3-14-40(36)45)56(86)78-48(59(89)90)22-11-25-72-62(68)69/h1-8,12-15,17-20,30-33,42,47-52,73-76H,9-11,16,21-29,63H2,(H,77,85)(H,78,86)(H,79,83)(H,80,84)(H,81,87)(H,82,88)(H,89,90)(H4,64,65,70)(H4,66,67,71)(H4,68,69,72)/t42-,47-,48-,49-,50-,51-,52-/m0/s1. The van der Waals surface area contributed by atoms with Gasteiger partial charge < -0.3 is 97.1 Å². The number of aromatic nitrogens is 4. The number of hydrogen-bond donors (Lipinski definition) is 18. The molecular weight excluding hydrogens is 1150 g/mol. The molecule has 0 fully saturated rings. The number of nitrogens with one attached hydrogen (secondary N) is 10. The zero-order valence-electron chi connectivity index (χ0n) is 49.5. The number of H-pyrrole nitrogens is 4. The smallest absolute Gasteiger partial charge is 0.326 e. The second-order valence-corrected chi connectivity index (χ2v) is 21.9. The third-order valence-electron chi connectivity index (χ3n) is 15.4. The quantitative estimate of drug-likeness (QED) is 0.0150. The van der Waals surface area contributed by atoms with Crippen molar-refractivity contribution in [2.24, 2.45) is 55.1 Å². The number of hydrogen-bond acceptors (Lipinski definition) is 11. The number of para-hydroxylation sites is 4. The molecule has 90 heavy (non-hydrogen) atoms. The number of carboxylic acids is 1. The topological polar surface area (TPSA) is 494 Å². The molecule has 0 spiro atoms. The van der Waals surface area contributed by atoms with Crippen molar-refractivity contribution in [1.82, 2.24) is 51.8 Å². The summed E-state index contributed by atoms with van der Waals surface area (Å²) in [5.74, 6) is -6.57. The van der Waals surface area contributed by atoms with Gasteiger partial charge >= 0.3 is 5.97 Å². The molecule has 0 aliphatic rings. The van der Waals surface area contributed by atoms with E-state index in [0.29, 0.717) is 28.7 Å². The van der Waals surface area contributed by atoms with E-state index in [1.54, 1.807) is 24.8 Å². The average molecular weight is 1230 g/mol. The van der Waals surface area contributed by atoms with E-state index in [1.165, 1.54) is 0 Å². The highest BCUT2D eigenvalue weighted by molar-refractivity contribution is 5.99. The van der Waals surface area contributed by atoms with Gasteiger partial charge in [-0.3, -0.25) is 43.7 Å². The summed E-state index contributed by atoms with van der Waals surface area (Å²) < 4.78 is 0. The minimum atomic E-state index is -1.46. The molecule has 0 aliphatic carbocycles. The fourth-order valence-corrected chi connectivity index (χ4v) is 10.7. The number of carbonyl (C=O) groups is 7. The Morgan fingerprint density at radius 1 is 0.367 bits per heavy atom. The largest absolute Gasteiger partial charge is 0.480 e. The van der Waals surface area contributed by atoms with Crippen LogP contribution in [0.3, 0.4) is 0 Å². The first-order valence-electron chi connectivity index (χ1n) is 29.5. The maximum Gasteiger partial charge on any atom is 0.326 e. The molecule has 0 unspecified atom stereocenters. The highest BCUT2D eigenvalue weighted by Crippen LogP contribution is 2.24. The number of carbonyl (C=O) groups excluding carboxylic acids is 6. The monoisotopic (exact) mass is 1230 g/mol. The number of aromatic amines is 4. The van der Waals surface area contributed by atoms with E-state index in [2.05, 4.69) is 66.8 Å². The first kappa shape index (κ1) is 65.1. The van der Waals surface area contributed by atoms with Gasteiger partial charge in [-0.2, -0.15) is 0 Å². The summed E-state index contributed by atoms with van der Waals surface area (Å²) in [6, 6.07) is 19.9. The lowest BCUT2D eigenvalue weighted by Gasteiger charge is -2.28. The van der Waals surface area contributed by atoms with Crippen LogP contribution in [0.25, 0.3) is 43.6 Å². The van der Waals surface area contributed by atoms with E-state index >= 15 is 14.4 Å². The molecule has 4 aromatic carbocycles. The molecule has 0 bridgehead atoms. The van der Waals surface area contributed by atoms with E-state index in [4.69, 9.17) is 40.1 Å². The molecule has 0 saturated carbocycles. The lowest BCUT2D eigenvalue weighted by Crippen LogP contribution is -2.60. The minimum absolute atomic E-state index is 0.0264. The highest BCUT2D eigenvalue weighted by Gasteiger charge is 2.35. The van der Waals surface area contributed by atoms with Gasteiger partial charge in [0.15, 0.2) is 17.9 Å². The van der Waals surface area contributed by atoms with Gasteiger partial charge in [0.25, 0.3) is 0 Å². The first-order valence-corrected chi connectivity index (χ1v) is 29.5. The Morgan fingerprint density at radius 2 is 0.622 bits per heavy atom. The van der Waals surface area contributed by atoms with Crippen LogP contribution in [0, 0.1) is 0 Å². The molecule has 6 amide bonds. The van der Waals surface area contributed by atoms with E-state index in [-0.39, 0.29) is 95.3 Å². The van der Waals surface area contributed by atoms with E-state index in [0.717, 1.165) is 43.6 Å². The van der Waals surface area contributed by atoms with Crippen LogP contribution >= 0.6 is 0 Å². The maximum atomic E-state index is 15.3. The van der Waals surface area contributed by atoms with Crippen molar-refractivity contribution in [3.8, 4) is 0 Å². The van der Waals surface area contributed by atoms with Crippen LogP contribution in [-0.4, -0.2) is 146 Å². The summed E-state index contributed by atoms with van der Waals surface area (Å²) in [6.07, 6.45) is 7.07. The number of aliphatic carboxylic acids is 1. The average Bonchev–Trinajstić information content (AvgIpc) is 1.90. The molecule has 4 aromatic heterocycles. The van der Waals surface area contributed by atoms with Gasteiger partial charge in [-0.1, -0.05) is 72.8 Å². The number of rotatable bonds is 33. The second-order valence-electron chi connectivity index (χ2n) is 21.9. The highest BCUT2D eigenvalue weighted by atomic mass is 16.4. The minimum Gasteiger partial charge on any atom is -0.480 e. The van der Waals surface area contributed by atoms with Gasteiger partial charge in [0.2, 0.25) is 35.4 Å². The van der Waals surface area contributed by atoms with Crippen LogP contribution in [0.15, 0.2) is 137 Å². The molecule has 28 nitrogen and oxygen atoms in total. The van der Waals surface area contributed by atoms with Crippen molar-refractivity contribution in [2.45, 2.75) is 107 Å². The number of guanidine groups is 3. The number of fused-ring (bicyclic) bond motifs is 4. The number of nitrogens with two attached hydrogens (primary N) is 7. The summed E-state index contributed by atoms with van der Waals surface area (Å²) in [5.41, 5.74) is 45.3. The molecule has 0 saturated heterocycles. The normalized spacial score (nSPS) is 13.6. The fourth-order valence-electron chi connectivity index (χ4n) is 10.7. The predicted octanol–water partition coefficient (Wildman–Crippen LogP) is 0.364. The summed E-state index contributed by atoms with van der Waals surface area (Å²) in [5, 5.41) is 30.1. The van der Waals surface area contributed by atoms with Crippen LogP contribution in [0.2, 0.25) is 0 Å². The van der Waals surface area contributed by atoms with Crippen molar-refractivity contribution in [3.63, 3.8) is 0 Å². The van der Waals surface area contributed by atoms with Gasteiger partial charge in [0.1, 0.15) is 36.3 Å². The molecule has 28 heteroatoms. The zero-order valence-corrected chi connectivity index (χ0v) is 49.5. The number of benzene rings is 4. The Hall–Kier alpha value is -10.9. The fraction of sp³-hybridized carbons (Fsp3) is 0.323. The van der Waals surface area contributed by atoms with Crippen molar-refractivity contribution in [1.29, 1.82) is 0 Å². The van der Waals surface area contributed by atoms with Gasteiger partial charge in [0.05, 0.1) is 6.04 Å². The molecule has 4 heterocycles. The molecule has 25 N–H and O–H groups in total. The van der Waals surface area contributed by atoms with Crippen LogP contribution in [0.1, 0.15) is 60.8 Å². The van der Waals surface area contributed by atoms with Crippen LogP contribution in [0.5, 0.6) is 0 Å². The molecule has 474 valence electrons. The number of nitrogens with zero attached hydrogens (tertiary/aromatic N) is 3. The third-order valence-corrected chi connectivity index (χ3v) is 15.4. The number of aliphatic imine (C=N–C) groups is 3. The predicted molar refractivity (Wildman–Crippen MR) is 345 cm³/mol. The van der Waals surface area contributed by atoms with Crippen molar-refractivity contribution < 1.29 is 38.7 Å². The molecular formula is C62H78N20O8. The Morgan fingerprint density at radius 3 is 0.933 bits per heavy atom. The van der Waals surface area contributed by atoms with E-state index in [1.807, 2.05) is 97.1 Å². The zero-order chi connectivity index (χ0) is 64.3. The summed E-state index contributed by atoms with van der Waals surface area (Å²) >= 11 is 0.